The van der Waals surface area contributed by atoms with Crippen molar-refractivity contribution in [3.8, 4) is 0 Å². The average Bonchev–Trinajstić information content (AvgIpc) is 2.93. The number of carbonyl (C=O) groups is 1. The van der Waals surface area contributed by atoms with E-state index in [9.17, 15) is 4.79 Å². The number of hydrogen-bond acceptors (Lipinski definition) is 4. The molecule has 0 aromatic carbocycles. The molecule has 0 aliphatic heterocycles. The van der Waals surface area contributed by atoms with Crippen LogP contribution in [0.5, 0.6) is 0 Å². The molecule has 1 amide bonds. The van der Waals surface area contributed by atoms with E-state index in [-0.39, 0.29) is 11.3 Å². The number of nitrogens with two attached hydrogens (primary N) is 1. The van der Waals surface area contributed by atoms with E-state index >= 15 is 0 Å². The molecule has 0 radical (unpaired) electrons. The molecule has 1 heterocycles. The number of hydrogen-bond donors (Lipinski definition) is 2. The van der Waals surface area contributed by atoms with Crippen molar-refractivity contribution in [1.29, 1.82) is 0 Å². The summed E-state index contributed by atoms with van der Waals surface area (Å²) in [6.45, 7) is 3.36. The largest absolute Gasteiger partial charge is 0.355 e. The Hall–Kier alpha value is -0.940. The molecule has 1 aromatic heterocycles. The van der Waals surface area contributed by atoms with Gasteiger partial charge in [-0.3, -0.25) is 4.79 Å². The van der Waals surface area contributed by atoms with Crippen molar-refractivity contribution in [2.45, 2.75) is 39.0 Å². The Morgan fingerprint density at radius 3 is 2.89 bits per heavy atom. The Morgan fingerprint density at radius 2 is 2.32 bits per heavy atom. The minimum atomic E-state index is -0.325. The van der Waals surface area contributed by atoms with Gasteiger partial charge in [0.25, 0.3) is 0 Å². The number of rotatable bonds is 5. The van der Waals surface area contributed by atoms with Crippen LogP contribution in [0.15, 0.2) is 10.9 Å². The number of nitrogens with one attached hydrogen (secondary N) is 1. The predicted molar refractivity (Wildman–Crippen MR) is 77.9 cm³/mol. The molecule has 19 heavy (non-hydrogen) atoms. The molecule has 2 rings (SSSR count). The van der Waals surface area contributed by atoms with Crippen LogP contribution >= 0.6 is 11.3 Å². The van der Waals surface area contributed by atoms with Gasteiger partial charge >= 0.3 is 0 Å². The third-order valence-corrected chi connectivity index (χ3v) is 4.89. The van der Waals surface area contributed by atoms with Crippen LogP contribution in [0.3, 0.4) is 0 Å². The first-order chi connectivity index (χ1) is 9.16. The molecule has 1 aliphatic rings. The Kier molecular flexibility index (Phi) is 4.93. The highest BCUT2D eigenvalue weighted by molar-refractivity contribution is 7.07. The second-order valence-electron chi connectivity index (χ2n) is 5.65. The first kappa shape index (κ1) is 14.5. The third kappa shape index (κ3) is 3.54. The van der Waals surface area contributed by atoms with Gasteiger partial charge in [-0.15, -0.1) is 11.3 Å². The maximum atomic E-state index is 12.4. The maximum Gasteiger partial charge on any atom is 0.227 e. The summed E-state index contributed by atoms with van der Waals surface area (Å²) >= 11 is 1.59. The van der Waals surface area contributed by atoms with E-state index in [0.717, 1.165) is 43.7 Å². The molecular weight excluding hydrogens is 258 g/mol. The second kappa shape index (κ2) is 6.48. The van der Waals surface area contributed by atoms with Crippen LogP contribution in [0, 0.1) is 11.3 Å². The highest BCUT2D eigenvalue weighted by Gasteiger charge is 2.39. The molecular formula is C14H23N3OS. The van der Waals surface area contributed by atoms with E-state index in [1.165, 1.54) is 0 Å². The van der Waals surface area contributed by atoms with E-state index in [4.69, 9.17) is 5.73 Å². The van der Waals surface area contributed by atoms with Gasteiger partial charge in [0.05, 0.1) is 16.6 Å². The van der Waals surface area contributed by atoms with Gasteiger partial charge < -0.3 is 11.1 Å². The highest BCUT2D eigenvalue weighted by atomic mass is 32.1. The molecule has 0 bridgehead atoms. The molecule has 4 nitrogen and oxygen atoms in total. The van der Waals surface area contributed by atoms with Crippen LogP contribution in [0.2, 0.25) is 0 Å². The minimum absolute atomic E-state index is 0.136. The molecule has 1 saturated carbocycles. The van der Waals surface area contributed by atoms with Crippen LogP contribution in [0.25, 0.3) is 0 Å². The van der Waals surface area contributed by atoms with Gasteiger partial charge in [-0.25, -0.2) is 4.98 Å². The van der Waals surface area contributed by atoms with Gasteiger partial charge in [0.2, 0.25) is 5.91 Å². The van der Waals surface area contributed by atoms with E-state index < -0.39 is 0 Å². The number of nitrogens with zero attached hydrogens (tertiary/aromatic N) is 1. The lowest BCUT2D eigenvalue weighted by Gasteiger charge is -2.37. The van der Waals surface area contributed by atoms with E-state index in [1.54, 1.807) is 11.3 Å². The molecule has 1 aromatic rings. The minimum Gasteiger partial charge on any atom is -0.355 e. The van der Waals surface area contributed by atoms with Crippen molar-refractivity contribution in [2.24, 2.45) is 17.1 Å². The lowest BCUT2D eigenvalue weighted by atomic mass is 9.70. The number of amides is 1. The Bertz CT molecular complexity index is 397. The summed E-state index contributed by atoms with van der Waals surface area (Å²) in [5.41, 5.74) is 8.42. The molecule has 0 saturated heterocycles. The van der Waals surface area contributed by atoms with Crippen LogP contribution in [0.4, 0.5) is 0 Å². The van der Waals surface area contributed by atoms with Crippen molar-refractivity contribution in [1.82, 2.24) is 10.3 Å². The van der Waals surface area contributed by atoms with Crippen LogP contribution in [-0.2, 0) is 11.2 Å². The van der Waals surface area contributed by atoms with Gasteiger partial charge in [-0.2, -0.15) is 0 Å². The Morgan fingerprint density at radius 1 is 1.58 bits per heavy atom. The fourth-order valence-electron chi connectivity index (χ4n) is 2.69. The van der Waals surface area contributed by atoms with E-state index in [0.29, 0.717) is 13.1 Å². The predicted octanol–water partition coefficient (Wildman–Crippen LogP) is 1.96. The second-order valence-corrected chi connectivity index (χ2v) is 6.37. The van der Waals surface area contributed by atoms with Gasteiger partial charge in [0.1, 0.15) is 0 Å². The third-order valence-electron chi connectivity index (χ3n) is 4.25. The molecule has 5 heteroatoms. The standard InChI is InChI=1S/C14H23N3OS/c1-11-2-5-14(9-15,6-3-11)13(18)16-7-4-12-8-19-10-17-12/h8,10-11H,2-7,9,15H2,1H3,(H,16,18). The van der Waals surface area contributed by atoms with Gasteiger partial charge in [0, 0.05) is 24.9 Å². The highest BCUT2D eigenvalue weighted by Crippen LogP contribution is 2.38. The van der Waals surface area contributed by atoms with Gasteiger partial charge in [-0.05, 0) is 31.6 Å². The normalized spacial score (nSPS) is 27.2. The van der Waals surface area contributed by atoms with E-state index in [1.807, 2.05) is 10.9 Å². The molecule has 0 unspecified atom stereocenters. The first-order valence-corrected chi connectivity index (χ1v) is 7.96. The van der Waals surface area contributed by atoms with Crippen molar-refractivity contribution in [3.63, 3.8) is 0 Å². The van der Waals surface area contributed by atoms with E-state index in [2.05, 4.69) is 17.2 Å². The zero-order valence-electron chi connectivity index (χ0n) is 11.5. The smallest absolute Gasteiger partial charge is 0.227 e. The zero-order chi connectivity index (χ0) is 13.7. The Balaban J connectivity index is 1.83. The summed E-state index contributed by atoms with van der Waals surface area (Å²) in [7, 11) is 0. The number of carbonyl (C=O) groups excluding carboxylic acids is 1. The molecule has 0 spiro atoms. The molecule has 1 fully saturated rings. The van der Waals surface area contributed by atoms with Crippen LogP contribution in [0.1, 0.15) is 38.3 Å². The molecule has 106 valence electrons. The average molecular weight is 281 g/mol. The maximum absolute atomic E-state index is 12.4. The summed E-state index contributed by atoms with van der Waals surface area (Å²) in [4.78, 5) is 16.6. The van der Waals surface area contributed by atoms with Gasteiger partial charge in [-0.1, -0.05) is 6.92 Å². The SMILES string of the molecule is CC1CCC(CN)(C(=O)NCCc2cscn2)CC1. The Labute approximate surface area is 118 Å². The quantitative estimate of drug-likeness (QED) is 0.867. The van der Waals surface area contributed by atoms with Gasteiger partial charge in [0.15, 0.2) is 0 Å². The topological polar surface area (TPSA) is 68.0 Å². The summed E-state index contributed by atoms with van der Waals surface area (Å²) in [5.74, 6) is 0.861. The molecule has 0 atom stereocenters. The lowest BCUT2D eigenvalue weighted by molar-refractivity contribution is -0.132. The summed E-state index contributed by atoms with van der Waals surface area (Å²) in [6, 6.07) is 0. The fourth-order valence-corrected chi connectivity index (χ4v) is 3.28. The summed E-state index contributed by atoms with van der Waals surface area (Å²) in [5, 5.41) is 5.06. The summed E-state index contributed by atoms with van der Waals surface area (Å²) in [6.07, 6.45) is 4.86. The van der Waals surface area contributed by atoms with Crippen molar-refractivity contribution >= 4 is 17.2 Å². The van der Waals surface area contributed by atoms with Crippen LogP contribution < -0.4 is 11.1 Å². The zero-order valence-corrected chi connectivity index (χ0v) is 12.3. The monoisotopic (exact) mass is 281 g/mol. The first-order valence-electron chi connectivity index (χ1n) is 7.02. The molecule has 3 N–H and O–H groups in total. The fraction of sp³-hybridized carbons (Fsp3) is 0.714. The van der Waals surface area contributed by atoms with Crippen molar-refractivity contribution in [2.75, 3.05) is 13.1 Å². The van der Waals surface area contributed by atoms with Crippen LogP contribution in [-0.4, -0.2) is 24.0 Å². The summed E-state index contributed by atoms with van der Waals surface area (Å²) < 4.78 is 0. The van der Waals surface area contributed by atoms with Crippen molar-refractivity contribution < 1.29 is 4.79 Å². The lowest BCUT2D eigenvalue weighted by Crippen LogP contribution is -2.48. The van der Waals surface area contributed by atoms with Crippen molar-refractivity contribution in [3.05, 3.63) is 16.6 Å². The number of aromatic nitrogens is 1. The number of thiazole rings is 1. The molecule has 1 aliphatic carbocycles.